The van der Waals surface area contributed by atoms with E-state index in [0.717, 1.165) is 16.0 Å². The summed E-state index contributed by atoms with van der Waals surface area (Å²) in [7, 11) is 0. The number of aryl methyl sites for hydroxylation is 1. The summed E-state index contributed by atoms with van der Waals surface area (Å²) in [5.41, 5.74) is 12.7. The molecule has 1 aromatic carbocycles. The van der Waals surface area contributed by atoms with E-state index in [1.54, 1.807) is 12.1 Å². The molecule has 4 aliphatic heterocycles. The Kier molecular flexibility index (Phi) is 5.04. The molecule has 13 nitrogen and oxygen atoms in total. The third-order valence-electron chi connectivity index (χ3n) is 7.56. The minimum atomic E-state index is -2.57. The number of carbonyl (C=O) groups is 3. The van der Waals surface area contributed by atoms with Gasteiger partial charge >= 0.3 is 5.96 Å². The summed E-state index contributed by atoms with van der Waals surface area (Å²) < 4.78 is 0. The summed E-state index contributed by atoms with van der Waals surface area (Å²) in [6, 6.07) is 2.41. The van der Waals surface area contributed by atoms with Crippen molar-refractivity contribution in [3.05, 3.63) is 34.9 Å². The van der Waals surface area contributed by atoms with Gasteiger partial charge in [-0.3, -0.25) is 34.9 Å². The van der Waals surface area contributed by atoms with E-state index in [1.165, 1.54) is 4.90 Å². The van der Waals surface area contributed by atoms with E-state index >= 15 is 0 Å². The monoisotopic (exact) mass is 485 g/mol. The van der Waals surface area contributed by atoms with Gasteiger partial charge in [0.05, 0.1) is 13.1 Å². The summed E-state index contributed by atoms with van der Waals surface area (Å²) in [6.45, 7) is 3.52. The number of amides is 3. The van der Waals surface area contributed by atoms with Crippen LogP contribution in [0.3, 0.4) is 0 Å². The fourth-order valence-corrected chi connectivity index (χ4v) is 5.57. The lowest BCUT2D eigenvalue weighted by molar-refractivity contribution is -0.521. The summed E-state index contributed by atoms with van der Waals surface area (Å²) in [4.78, 5) is 47.5. The van der Waals surface area contributed by atoms with E-state index in [4.69, 9.17) is 11.5 Å². The van der Waals surface area contributed by atoms with Gasteiger partial charge in [0.15, 0.2) is 12.0 Å². The highest BCUT2D eigenvalue weighted by Crippen LogP contribution is 2.41. The lowest BCUT2D eigenvalue weighted by Gasteiger charge is -2.46. The van der Waals surface area contributed by atoms with Gasteiger partial charge in [-0.2, -0.15) is 0 Å². The lowest BCUT2D eigenvalue weighted by Crippen LogP contribution is -2.90. The molecule has 0 bridgehead atoms. The Morgan fingerprint density at radius 2 is 1.94 bits per heavy atom. The van der Waals surface area contributed by atoms with Gasteiger partial charge in [0, 0.05) is 18.4 Å². The average molecular weight is 486 g/mol. The van der Waals surface area contributed by atoms with Crippen LogP contribution < -0.4 is 27.1 Å². The number of aliphatic imine (C=N–C) groups is 1. The Morgan fingerprint density at radius 1 is 1.26 bits per heavy atom. The standard InChI is InChI=1S/C22H28N8O5/c1-10-4-3-5-12(11(10)2)18(33)26-14-9-30-20(24)25-13(8-29-15(31)6-7-16(29)32)17-21(30,22(14,34)35)28-19(23)27-17/h3-5,13-14,17,34-35H,6-9H2,1-2H3,(H2,24,25)(H,26,33)(H3,23,27,28)/p+1/t13-,14-,17-,21-/m0/s1. The van der Waals surface area contributed by atoms with Crippen molar-refractivity contribution >= 4 is 29.6 Å². The Labute approximate surface area is 200 Å². The first-order valence-electron chi connectivity index (χ1n) is 11.4. The molecule has 13 heteroatoms. The number of nitrogens with one attached hydrogen (secondary N) is 3. The maximum absolute atomic E-state index is 13.1. The molecule has 35 heavy (non-hydrogen) atoms. The molecule has 9 N–H and O–H groups in total. The van der Waals surface area contributed by atoms with E-state index < -0.39 is 35.5 Å². The van der Waals surface area contributed by atoms with Crippen LogP contribution in [0.5, 0.6) is 0 Å². The smallest absolute Gasteiger partial charge is 0.343 e. The van der Waals surface area contributed by atoms with Crippen LogP contribution in [0.4, 0.5) is 0 Å². The molecule has 2 fully saturated rings. The molecule has 5 rings (SSSR count). The first-order chi connectivity index (χ1) is 16.5. The van der Waals surface area contributed by atoms with Gasteiger partial charge in [-0.1, -0.05) is 12.1 Å². The number of nitrogens with two attached hydrogens (primary N) is 2. The van der Waals surface area contributed by atoms with Crippen molar-refractivity contribution in [3.63, 3.8) is 0 Å². The number of hydrogen-bond acceptors (Lipinski definition) is 10. The fraction of sp³-hybridized carbons (Fsp3) is 0.500. The topological polar surface area (TPSA) is 201 Å². The van der Waals surface area contributed by atoms with Crippen molar-refractivity contribution in [1.29, 1.82) is 0 Å². The summed E-state index contributed by atoms with van der Waals surface area (Å²) >= 11 is 0. The van der Waals surface area contributed by atoms with Crippen LogP contribution in [0.1, 0.15) is 34.3 Å². The van der Waals surface area contributed by atoms with Gasteiger partial charge in [0.25, 0.3) is 11.6 Å². The number of carbonyl (C=O) groups excluding carboxylic acids is 3. The van der Waals surface area contributed by atoms with Gasteiger partial charge in [0.1, 0.15) is 12.1 Å². The number of guanidine groups is 2. The van der Waals surface area contributed by atoms with E-state index in [9.17, 15) is 24.6 Å². The van der Waals surface area contributed by atoms with Crippen LogP contribution in [-0.2, 0) is 9.59 Å². The Bertz CT molecular complexity index is 1180. The van der Waals surface area contributed by atoms with E-state index in [2.05, 4.69) is 20.6 Å². The van der Waals surface area contributed by atoms with Crippen LogP contribution in [0.2, 0.25) is 0 Å². The maximum atomic E-state index is 13.1. The zero-order valence-electron chi connectivity index (χ0n) is 19.4. The highest BCUT2D eigenvalue weighted by Gasteiger charge is 2.76. The van der Waals surface area contributed by atoms with Crippen molar-refractivity contribution in [2.24, 2.45) is 16.5 Å². The SMILES string of the molecule is Cc1cccc(C(=O)N[C@H]2CN3C(N)=N[C@@H](CN4C(=O)CCC4=O)[C@@H]4[NH+]=C(N)N[C@@]43C2(O)O)c1C. The zero-order chi connectivity index (χ0) is 25.3. The fourth-order valence-electron chi connectivity index (χ4n) is 5.57. The summed E-state index contributed by atoms with van der Waals surface area (Å²) in [5.74, 6) is -3.69. The van der Waals surface area contributed by atoms with Gasteiger partial charge in [-0.05, 0) is 31.0 Å². The minimum Gasteiger partial charge on any atom is -0.370 e. The highest BCUT2D eigenvalue weighted by atomic mass is 16.5. The third kappa shape index (κ3) is 3.18. The molecule has 2 saturated heterocycles. The van der Waals surface area contributed by atoms with Crippen molar-refractivity contribution < 1.29 is 29.6 Å². The first-order valence-corrected chi connectivity index (χ1v) is 11.4. The second-order valence-corrected chi connectivity index (χ2v) is 9.49. The number of nitrogens with zero attached hydrogens (tertiary/aromatic N) is 3. The molecule has 4 heterocycles. The van der Waals surface area contributed by atoms with Gasteiger partial charge in [-0.25, -0.2) is 10.3 Å². The average Bonchev–Trinajstić information content (AvgIpc) is 3.38. The minimum absolute atomic E-state index is 0.0368. The zero-order valence-corrected chi connectivity index (χ0v) is 19.4. The van der Waals surface area contributed by atoms with E-state index in [1.807, 2.05) is 19.9 Å². The lowest BCUT2D eigenvalue weighted by atomic mass is 9.84. The first kappa shape index (κ1) is 23.1. The number of imide groups is 1. The van der Waals surface area contributed by atoms with E-state index in [0.29, 0.717) is 5.56 Å². The second kappa shape index (κ2) is 7.65. The van der Waals surface area contributed by atoms with Gasteiger partial charge < -0.3 is 21.3 Å². The Hall–Kier alpha value is -3.71. The molecule has 3 amide bonds. The highest BCUT2D eigenvalue weighted by molar-refractivity contribution is 6.02. The summed E-state index contributed by atoms with van der Waals surface area (Å²) in [6.07, 6.45) is 0.228. The van der Waals surface area contributed by atoms with Crippen molar-refractivity contribution in [2.75, 3.05) is 13.1 Å². The molecule has 4 aliphatic rings. The Balaban J connectivity index is 1.48. The number of likely N-dealkylation sites (tertiary alicyclic amines) is 1. The quantitative estimate of drug-likeness (QED) is 0.162. The molecule has 1 spiro atoms. The maximum Gasteiger partial charge on any atom is 0.343 e. The summed E-state index contributed by atoms with van der Waals surface area (Å²) in [5, 5.41) is 28.7. The number of hydrogen-bond donors (Lipinski definition) is 7. The number of rotatable bonds is 4. The van der Waals surface area contributed by atoms with Crippen molar-refractivity contribution in [3.8, 4) is 0 Å². The van der Waals surface area contributed by atoms with Crippen LogP contribution in [0.15, 0.2) is 23.2 Å². The largest absolute Gasteiger partial charge is 0.370 e. The van der Waals surface area contributed by atoms with Crippen LogP contribution in [-0.4, -0.2) is 92.3 Å². The molecule has 0 aromatic heterocycles. The van der Waals surface area contributed by atoms with Gasteiger partial charge in [0.2, 0.25) is 17.6 Å². The Morgan fingerprint density at radius 3 is 2.63 bits per heavy atom. The molecule has 186 valence electrons. The van der Waals surface area contributed by atoms with Crippen LogP contribution in [0.25, 0.3) is 0 Å². The predicted molar refractivity (Wildman–Crippen MR) is 122 cm³/mol. The molecule has 0 radical (unpaired) electrons. The second-order valence-electron chi connectivity index (χ2n) is 9.49. The van der Waals surface area contributed by atoms with Crippen molar-refractivity contribution in [2.45, 2.75) is 56.3 Å². The molecule has 0 unspecified atom stereocenters. The van der Waals surface area contributed by atoms with Gasteiger partial charge in [-0.15, -0.1) is 0 Å². The number of benzene rings is 1. The van der Waals surface area contributed by atoms with Crippen LogP contribution >= 0.6 is 0 Å². The normalized spacial score (nSPS) is 31.0. The van der Waals surface area contributed by atoms with Crippen LogP contribution in [0, 0.1) is 13.8 Å². The molecule has 4 atom stereocenters. The number of aliphatic hydroxyl groups is 2. The third-order valence-corrected chi connectivity index (χ3v) is 7.56. The predicted octanol–water partition coefficient (Wildman–Crippen LogP) is -4.69. The molecule has 0 saturated carbocycles. The van der Waals surface area contributed by atoms with Crippen molar-refractivity contribution in [1.82, 2.24) is 20.4 Å². The molecule has 0 aliphatic carbocycles. The molecule has 1 aromatic rings. The molecular weight excluding hydrogens is 456 g/mol. The molecular formula is C22H29N8O5+. The van der Waals surface area contributed by atoms with E-state index in [-0.39, 0.29) is 49.7 Å².